The van der Waals surface area contributed by atoms with Gasteiger partial charge < -0.3 is 9.67 Å². The molecule has 0 saturated heterocycles. The van der Waals surface area contributed by atoms with Crippen molar-refractivity contribution in [1.29, 1.82) is 0 Å². The molecule has 0 spiro atoms. The van der Waals surface area contributed by atoms with Gasteiger partial charge in [0.1, 0.15) is 12.1 Å². The van der Waals surface area contributed by atoms with Crippen molar-refractivity contribution in [3.8, 4) is 11.1 Å². The molecule has 25 heavy (non-hydrogen) atoms. The molecule has 0 bridgehead atoms. The maximum atomic E-state index is 12.4. The highest BCUT2D eigenvalue weighted by molar-refractivity contribution is 5.84. The fraction of sp³-hybridized carbons (Fsp3) is 0.118. The molecule has 0 saturated carbocycles. The molecule has 4 rings (SSSR count). The van der Waals surface area contributed by atoms with E-state index < -0.39 is 18.1 Å². The van der Waals surface area contributed by atoms with Crippen LogP contribution in [-0.2, 0) is 11.3 Å². The van der Waals surface area contributed by atoms with Crippen molar-refractivity contribution in [3.05, 3.63) is 58.6 Å². The van der Waals surface area contributed by atoms with E-state index in [-0.39, 0.29) is 5.52 Å². The molecule has 3 heterocycles. The Morgan fingerprint density at radius 3 is 2.64 bits per heavy atom. The van der Waals surface area contributed by atoms with E-state index >= 15 is 0 Å². The normalized spacial score (nSPS) is 11.2. The minimum absolute atomic E-state index is 0.0818. The van der Waals surface area contributed by atoms with Gasteiger partial charge in [0, 0.05) is 6.20 Å². The van der Waals surface area contributed by atoms with Crippen molar-refractivity contribution in [1.82, 2.24) is 24.4 Å². The molecule has 0 fully saturated rings. The van der Waals surface area contributed by atoms with Crippen LogP contribution in [0.15, 0.2) is 47.4 Å². The van der Waals surface area contributed by atoms with Crippen molar-refractivity contribution in [2.24, 2.45) is 0 Å². The zero-order chi connectivity index (χ0) is 17.6. The lowest BCUT2D eigenvalue weighted by Crippen LogP contribution is -2.25. The van der Waals surface area contributed by atoms with Gasteiger partial charge in [0.25, 0.3) is 5.56 Å². The summed E-state index contributed by atoms with van der Waals surface area (Å²) in [5.74, 6) is -1.10. The summed E-state index contributed by atoms with van der Waals surface area (Å²) >= 11 is 0. The molecule has 124 valence electrons. The lowest BCUT2D eigenvalue weighted by Gasteiger charge is -2.05. The number of rotatable bonds is 3. The van der Waals surface area contributed by atoms with Crippen molar-refractivity contribution >= 4 is 22.6 Å². The number of carboxylic acids is 1. The molecule has 0 aliphatic carbocycles. The van der Waals surface area contributed by atoms with Crippen LogP contribution in [0, 0.1) is 6.92 Å². The minimum Gasteiger partial charge on any atom is -0.480 e. The summed E-state index contributed by atoms with van der Waals surface area (Å²) in [5, 5.41) is 21.6. The fourth-order valence-corrected chi connectivity index (χ4v) is 2.90. The van der Waals surface area contributed by atoms with Gasteiger partial charge in [-0.3, -0.25) is 9.59 Å². The molecule has 3 aromatic heterocycles. The molecule has 8 heteroatoms. The summed E-state index contributed by atoms with van der Waals surface area (Å²) in [6.07, 6.45) is 1.43. The number of benzene rings is 1. The zero-order valence-electron chi connectivity index (χ0n) is 13.2. The number of pyridine rings is 1. The monoisotopic (exact) mass is 335 g/mol. The van der Waals surface area contributed by atoms with Crippen molar-refractivity contribution in [3.63, 3.8) is 0 Å². The first-order valence-corrected chi connectivity index (χ1v) is 7.58. The van der Waals surface area contributed by atoms with E-state index in [1.807, 2.05) is 37.3 Å². The number of fused-ring (bicyclic) bond motifs is 3. The highest BCUT2D eigenvalue weighted by Crippen LogP contribution is 2.27. The Morgan fingerprint density at radius 2 is 1.92 bits per heavy atom. The van der Waals surface area contributed by atoms with Crippen LogP contribution in [0.1, 0.15) is 5.69 Å². The number of aryl methyl sites for hydroxylation is 1. The number of hydrogen-bond acceptors (Lipinski definition) is 5. The number of aliphatic carboxylic acids is 1. The standard InChI is InChI=1S/C17H13N5O3/c1-10-14(11-5-3-2-4-6-11)16-19-18-15-12(22(16)20-10)7-8-21(17(15)25)9-13(23)24/h2-8H,9H2,1H3,(H,23,24). The number of carbonyl (C=O) groups is 1. The van der Waals surface area contributed by atoms with Gasteiger partial charge in [0.05, 0.1) is 11.3 Å². The Kier molecular flexibility index (Phi) is 3.31. The molecular formula is C17H13N5O3. The third-order valence-electron chi connectivity index (χ3n) is 4.00. The number of hydrogen-bond donors (Lipinski definition) is 1. The van der Waals surface area contributed by atoms with Crippen LogP contribution in [0.25, 0.3) is 27.8 Å². The predicted molar refractivity (Wildman–Crippen MR) is 90.4 cm³/mol. The van der Waals surface area contributed by atoms with Crippen LogP contribution in [0.4, 0.5) is 0 Å². The molecular weight excluding hydrogens is 322 g/mol. The molecule has 0 unspecified atom stereocenters. The SMILES string of the molecule is Cc1nn2c(nnc3c(=O)n(CC(=O)O)ccc32)c1-c1ccccc1. The molecule has 0 amide bonds. The largest absolute Gasteiger partial charge is 0.480 e. The lowest BCUT2D eigenvalue weighted by atomic mass is 10.1. The summed E-state index contributed by atoms with van der Waals surface area (Å²) in [6.45, 7) is 1.44. The summed E-state index contributed by atoms with van der Waals surface area (Å²) < 4.78 is 2.66. The quantitative estimate of drug-likeness (QED) is 0.609. The summed E-state index contributed by atoms with van der Waals surface area (Å²) in [4.78, 5) is 23.3. The van der Waals surface area contributed by atoms with Gasteiger partial charge in [-0.2, -0.15) is 5.10 Å². The molecule has 0 radical (unpaired) electrons. The van der Waals surface area contributed by atoms with Crippen LogP contribution in [0.2, 0.25) is 0 Å². The molecule has 0 aliphatic rings. The van der Waals surface area contributed by atoms with E-state index in [0.717, 1.165) is 21.4 Å². The van der Waals surface area contributed by atoms with E-state index in [1.165, 1.54) is 6.20 Å². The zero-order valence-corrected chi connectivity index (χ0v) is 13.2. The van der Waals surface area contributed by atoms with E-state index in [0.29, 0.717) is 11.2 Å². The third kappa shape index (κ3) is 2.35. The number of nitrogens with zero attached hydrogens (tertiary/aromatic N) is 5. The second kappa shape index (κ2) is 5.52. The van der Waals surface area contributed by atoms with Gasteiger partial charge in [-0.05, 0) is 18.6 Å². The summed E-state index contributed by atoms with van der Waals surface area (Å²) in [5.41, 5.74) is 3.19. The van der Waals surface area contributed by atoms with Crippen LogP contribution in [0.5, 0.6) is 0 Å². The highest BCUT2D eigenvalue weighted by atomic mass is 16.4. The number of aromatic nitrogens is 5. The Morgan fingerprint density at radius 1 is 1.16 bits per heavy atom. The summed E-state index contributed by atoms with van der Waals surface area (Å²) in [7, 11) is 0. The van der Waals surface area contributed by atoms with Crippen LogP contribution in [0.3, 0.4) is 0 Å². The first kappa shape index (κ1) is 15.0. The van der Waals surface area contributed by atoms with Gasteiger partial charge in [-0.15, -0.1) is 10.2 Å². The molecule has 1 aromatic carbocycles. The smallest absolute Gasteiger partial charge is 0.323 e. The van der Waals surface area contributed by atoms with Gasteiger partial charge in [0.2, 0.25) is 0 Å². The Balaban J connectivity index is 2.02. The maximum Gasteiger partial charge on any atom is 0.323 e. The first-order chi connectivity index (χ1) is 12.1. The fourth-order valence-electron chi connectivity index (χ4n) is 2.90. The van der Waals surface area contributed by atoms with Crippen molar-refractivity contribution in [2.45, 2.75) is 13.5 Å². The highest BCUT2D eigenvalue weighted by Gasteiger charge is 2.17. The van der Waals surface area contributed by atoms with Gasteiger partial charge in [-0.25, -0.2) is 4.52 Å². The number of carboxylic acid groups (broad SMARTS) is 1. The maximum absolute atomic E-state index is 12.4. The van der Waals surface area contributed by atoms with E-state index in [1.54, 1.807) is 10.6 Å². The van der Waals surface area contributed by atoms with Crippen LogP contribution < -0.4 is 5.56 Å². The van der Waals surface area contributed by atoms with E-state index in [4.69, 9.17) is 5.11 Å². The van der Waals surface area contributed by atoms with Gasteiger partial charge in [0.15, 0.2) is 11.2 Å². The molecule has 8 nitrogen and oxygen atoms in total. The van der Waals surface area contributed by atoms with Crippen molar-refractivity contribution < 1.29 is 9.90 Å². The predicted octanol–water partition coefficient (Wildman–Crippen LogP) is 1.50. The van der Waals surface area contributed by atoms with E-state index in [2.05, 4.69) is 15.3 Å². The average Bonchev–Trinajstić information content (AvgIpc) is 2.94. The average molecular weight is 335 g/mol. The molecule has 0 atom stereocenters. The Bertz CT molecular complexity index is 1180. The third-order valence-corrected chi connectivity index (χ3v) is 4.00. The topological polar surface area (TPSA) is 102 Å². The summed E-state index contributed by atoms with van der Waals surface area (Å²) in [6, 6.07) is 11.3. The van der Waals surface area contributed by atoms with Gasteiger partial charge in [-0.1, -0.05) is 30.3 Å². The van der Waals surface area contributed by atoms with Gasteiger partial charge >= 0.3 is 5.97 Å². The molecule has 1 N–H and O–H groups in total. The molecule has 4 aromatic rings. The van der Waals surface area contributed by atoms with Crippen molar-refractivity contribution in [2.75, 3.05) is 0 Å². The lowest BCUT2D eigenvalue weighted by molar-refractivity contribution is -0.137. The Hall–Kier alpha value is -3.55. The molecule has 0 aliphatic heterocycles. The Labute approximate surface area is 141 Å². The second-order valence-electron chi connectivity index (χ2n) is 5.64. The van der Waals surface area contributed by atoms with Crippen LogP contribution >= 0.6 is 0 Å². The second-order valence-corrected chi connectivity index (χ2v) is 5.64. The first-order valence-electron chi connectivity index (χ1n) is 7.58. The van der Waals surface area contributed by atoms with Crippen LogP contribution in [-0.4, -0.2) is 35.5 Å². The van der Waals surface area contributed by atoms with E-state index in [9.17, 15) is 9.59 Å². The minimum atomic E-state index is -1.10.